The number of hydrogen-bond acceptors (Lipinski definition) is 2. The summed E-state index contributed by atoms with van der Waals surface area (Å²) in [6.07, 6.45) is -5.24. The molecule has 0 aliphatic carbocycles. The van der Waals surface area contributed by atoms with E-state index in [2.05, 4.69) is 0 Å². The molecule has 1 unspecified atom stereocenters. The molecule has 0 aliphatic rings. The first-order chi connectivity index (χ1) is 7.86. The summed E-state index contributed by atoms with van der Waals surface area (Å²) >= 11 is 0. The molecule has 6 heteroatoms. The van der Waals surface area contributed by atoms with Gasteiger partial charge < -0.3 is 5.11 Å². The zero-order valence-electron chi connectivity index (χ0n) is 8.53. The Labute approximate surface area is 95.1 Å². The highest BCUT2D eigenvalue weighted by Gasteiger charge is 2.35. The van der Waals surface area contributed by atoms with Gasteiger partial charge in [0.25, 0.3) is 0 Å². The van der Waals surface area contributed by atoms with Gasteiger partial charge in [-0.1, -0.05) is 18.2 Å². The van der Waals surface area contributed by atoms with Crippen molar-refractivity contribution < 1.29 is 23.1 Å². The second-order valence-electron chi connectivity index (χ2n) is 3.36. The van der Waals surface area contributed by atoms with Crippen LogP contribution in [-0.4, -0.2) is 11.1 Å². The van der Waals surface area contributed by atoms with Gasteiger partial charge in [0.15, 0.2) is 0 Å². The molecule has 0 radical (unpaired) electrons. The Morgan fingerprint density at radius 3 is 2.47 bits per heavy atom. The fraction of sp³-hybridized carbons (Fsp3) is 0.273. The van der Waals surface area contributed by atoms with Gasteiger partial charge >= 0.3 is 12.1 Å². The summed E-state index contributed by atoms with van der Waals surface area (Å²) in [5.74, 6) is -2.61. The molecule has 1 N–H and O–H groups in total. The molecule has 1 rings (SSSR count). The van der Waals surface area contributed by atoms with Gasteiger partial charge in [-0.2, -0.15) is 18.4 Å². The molecule has 3 nitrogen and oxygen atoms in total. The molecule has 1 aromatic carbocycles. The van der Waals surface area contributed by atoms with Crippen molar-refractivity contribution in [1.82, 2.24) is 0 Å². The Kier molecular flexibility index (Phi) is 3.73. The largest absolute Gasteiger partial charge is 0.481 e. The Hall–Kier alpha value is -2.03. The summed E-state index contributed by atoms with van der Waals surface area (Å²) in [5, 5.41) is 17.3. The maximum Gasteiger partial charge on any atom is 0.416 e. The molecule has 0 aromatic heterocycles. The number of benzene rings is 1. The molecular formula is C11H8F3NO2. The Morgan fingerprint density at radius 2 is 2.00 bits per heavy atom. The van der Waals surface area contributed by atoms with E-state index in [0.717, 1.165) is 12.1 Å². The van der Waals surface area contributed by atoms with Gasteiger partial charge in [0.2, 0.25) is 0 Å². The first-order valence-corrected chi connectivity index (χ1v) is 4.63. The SMILES string of the molecule is N#CC(CC(=O)O)c1ccccc1C(F)(F)F. The number of carbonyl (C=O) groups is 1. The maximum atomic E-state index is 12.6. The number of alkyl halides is 3. The second kappa shape index (κ2) is 4.87. The second-order valence-corrected chi connectivity index (χ2v) is 3.36. The van der Waals surface area contributed by atoms with Crippen LogP contribution >= 0.6 is 0 Å². The molecule has 0 amide bonds. The summed E-state index contributed by atoms with van der Waals surface area (Å²) in [4.78, 5) is 10.5. The highest BCUT2D eigenvalue weighted by atomic mass is 19.4. The summed E-state index contributed by atoms with van der Waals surface area (Å²) in [6.45, 7) is 0. The van der Waals surface area contributed by atoms with E-state index in [4.69, 9.17) is 10.4 Å². The quantitative estimate of drug-likeness (QED) is 0.887. The minimum absolute atomic E-state index is 0.301. The van der Waals surface area contributed by atoms with Crippen molar-refractivity contribution in [2.75, 3.05) is 0 Å². The Balaban J connectivity index is 3.21. The number of hydrogen-bond donors (Lipinski definition) is 1. The van der Waals surface area contributed by atoms with E-state index in [0.29, 0.717) is 0 Å². The van der Waals surface area contributed by atoms with Crippen LogP contribution < -0.4 is 0 Å². The smallest absolute Gasteiger partial charge is 0.416 e. The van der Waals surface area contributed by atoms with E-state index in [1.54, 1.807) is 6.07 Å². The van der Waals surface area contributed by atoms with Crippen LogP contribution in [0.1, 0.15) is 23.5 Å². The number of rotatable bonds is 3. The summed E-state index contributed by atoms with van der Waals surface area (Å²) in [7, 11) is 0. The van der Waals surface area contributed by atoms with Gasteiger partial charge in [0, 0.05) is 0 Å². The van der Waals surface area contributed by atoms with Crippen molar-refractivity contribution in [3.63, 3.8) is 0 Å². The Bertz CT molecular complexity index is 463. The molecule has 0 saturated heterocycles. The number of carboxylic acids is 1. The summed E-state index contributed by atoms with van der Waals surface area (Å²) in [5.41, 5.74) is -1.27. The molecule has 1 atom stereocenters. The summed E-state index contributed by atoms with van der Waals surface area (Å²) in [6, 6.07) is 6.08. The van der Waals surface area contributed by atoms with Crippen LogP contribution in [0.25, 0.3) is 0 Å². The minimum Gasteiger partial charge on any atom is -0.481 e. The van der Waals surface area contributed by atoms with Gasteiger partial charge in [-0.3, -0.25) is 4.79 Å². The van der Waals surface area contributed by atoms with E-state index >= 15 is 0 Å². The zero-order chi connectivity index (χ0) is 13.1. The molecule has 1 aromatic rings. The van der Waals surface area contributed by atoms with E-state index < -0.39 is 30.0 Å². The van der Waals surface area contributed by atoms with Crippen LogP contribution in [0.5, 0.6) is 0 Å². The van der Waals surface area contributed by atoms with Crippen LogP contribution in [0.2, 0.25) is 0 Å². The van der Waals surface area contributed by atoms with Crippen LogP contribution in [0.3, 0.4) is 0 Å². The summed E-state index contributed by atoms with van der Waals surface area (Å²) < 4.78 is 37.9. The molecule has 0 heterocycles. The lowest BCUT2D eigenvalue weighted by atomic mass is 9.92. The number of nitrogens with zero attached hydrogens (tertiary/aromatic N) is 1. The molecule has 0 saturated carbocycles. The van der Waals surface area contributed by atoms with Gasteiger partial charge in [-0.25, -0.2) is 0 Å². The van der Waals surface area contributed by atoms with Crippen molar-refractivity contribution in [3.8, 4) is 6.07 Å². The fourth-order valence-corrected chi connectivity index (χ4v) is 1.46. The Morgan fingerprint density at radius 1 is 1.41 bits per heavy atom. The van der Waals surface area contributed by atoms with Crippen LogP contribution in [0, 0.1) is 11.3 Å². The fourth-order valence-electron chi connectivity index (χ4n) is 1.46. The predicted octanol–water partition coefficient (Wildman–Crippen LogP) is 2.79. The number of nitriles is 1. The zero-order valence-corrected chi connectivity index (χ0v) is 8.53. The number of aliphatic carboxylic acids is 1. The van der Waals surface area contributed by atoms with Crippen molar-refractivity contribution in [3.05, 3.63) is 35.4 Å². The lowest BCUT2D eigenvalue weighted by molar-refractivity contribution is -0.140. The standard InChI is InChI=1S/C11H8F3NO2/c12-11(13,14)9-4-2-1-3-8(9)7(6-15)5-10(16)17/h1-4,7H,5H2,(H,16,17). The molecule has 0 spiro atoms. The third-order valence-corrected chi connectivity index (χ3v) is 2.18. The van der Waals surface area contributed by atoms with Gasteiger partial charge in [0.1, 0.15) is 0 Å². The van der Waals surface area contributed by atoms with Gasteiger partial charge in [0.05, 0.1) is 24.0 Å². The van der Waals surface area contributed by atoms with Crippen molar-refractivity contribution in [2.45, 2.75) is 18.5 Å². The average Bonchev–Trinajstić information content (AvgIpc) is 2.24. The topological polar surface area (TPSA) is 61.1 Å². The van der Waals surface area contributed by atoms with Gasteiger partial charge in [-0.15, -0.1) is 0 Å². The lowest BCUT2D eigenvalue weighted by Gasteiger charge is -2.15. The van der Waals surface area contributed by atoms with E-state index in [9.17, 15) is 18.0 Å². The van der Waals surface area contributed by atoms with E-state index in [-0.39, 0.29) is 5.56 Å². The highest BCUT2D eigenvalue weighted by Crippen LogP contribution is 2.35. The number of carboxylic acid groups (broad SMARTS) is 1. The van der Waals surface area contributed by atoms with Crippen LogP contribution in [0.4, 0.5) is 13.2 Å². The molecular weight excluding hydrogens is 235 g/mol. The molecule has 90 valence electrons. The van der Waals surface area contributed by atoms with E-state index in [1.165, 1.54) is 12.1 Å². The highest BCUT2D eigenvalue weighted by molar-refractivity contribution is 5.69. The van der Waals surface area contributed by atoms with Crippen molar-refractivity contribution in [1.29, 1.82) is 5.26 Å². The first kappa shape index (κ1) is 13.0. The van der Waals surface area contributed by atoms with Crippen LogP contribution in [-0.2, 0) is 11.0 Å². The maximum absolute atomic E-state index is 12.6. The minimum atomic E-state index is -4.59. The third kappa shape index (κ3) is 3.21. The van der Waals surface area contributed by atoms with Crippen molar-refractivity contribution >= 4 is 5.97 Å². The molecule has 0 aliphatic heterocycles. The molecule has 0 fully saturated rings. The monoisotopic (exact) mass is 243 g/mol. The normalized spacial score (nSPS) is 12.8. The van der Waals surface area contributed by atoms with Crippen LogP contribution in [0.15, 0.2) is 24.3 Å². The molecule has 17 heavy (non-hydrogen) atoms. The predicted molar refractivity (Wildman–Crippen MR) is 52.1 cm³/mol. The average molecular weight is 243 g/mol. The third-order valence-electron chi connectivity index (χ3n) is 2.18. The molecule has 0 bridgehead atoms. The van der Waals surface area contributed by atoms with Crippen molar-refractivity contribution in [2.24, 2.45) is 0 Å². The lowest BCUT2D eigenvalue weighted by Crippen LogP contribution is -2.13. The first-order valence-electron chi connectivity index (χ1n) is 4.63. The van der Waals surface area contributed by atoms with E-state index in [1.807, 2.05) is 0 Å². The number of halogens is 3. The van der Waals surface area contributed by atoms with Gasteiger partial charge in [-0.05, 0) is 11.6 Å².